The summed E-state index contributed by atoms with van der Waals surface area (Å²) in [5, 5.41) is 7.34. The first-order chi connectivity index (χ1) is 10.2. The molecule has 6 heteroatoms. The van der Waals surface area contributed by atoms with Crippen LogP contribution >= 0.6 is 0 Å². The number of hydrazone groups is 1. The van der Waals surface area contributed by atoms with Crippen LogP contribution < -0.4 is 10.7 Å². The Kier molecular flexibility index (Phi) is 5.09. The Balaban J connectivity index is 1.90. The number of H-pyrrole nitrogens is 1. The van der Waals surface area contributed by atoms with Gasteiger partial charge in [-0.3, -0.25) is 9.59 Å². The molecule has 0 saturated carbocycles. The Bertz CT molecular complexity index is 660. The molecule has 110 valence electrons. The van der Waals surface area contributed by atoms with Crippen LogP contribution in [0.2, 0.25) is 0 Å². The maximum Gasteiger partial charge on any atom is 0.329 e. The number of hydrogen-bond acceptors (Lipinski definition) is 3. The van der Waals surface area contributed by atoms with Gasteiger partial charge in [-0.25, -0.2) is 5.43 Å². The van der Waals surface area contributed by atoms with Crippen LogP contribution in [0.4, 0.5) is 0 Å². The highest BCUT2D eigenvalue weighted by Gasteiger charge is 2.11. The number of unbranched alkanes of at least 4 members (excludes halogenated alkanes) is 1. The molecule has 0 fully saturated rings. The Labute approximate surface area is 122 Å². The quantitative estimate of drug-likeness (QED) is 0.337. The molecule has 0 aliphatic heterocycles. The lowest BCUT2D eigenvalue weighted by molar-refractivity contribution is -0.139. The number of nitrogens with one attached hydrogen (secondary N) is 3. The van der Waals surface area contributed by atoms with Gasteiger partial charge in [-0.05, 0) is 12.5 Å². The smallest absolute Gasteiger partial charge is 0.329 e. The minimum absolute atomic E-state index is 0.495. The van der Waals surface area contributed by atoms with Crippen molar-refractivity contribution in [3.8, 4) is 0 Å². The molecule has 0 aliphatic carbocycles. The molecular formula is C15H18N4O2. The fraction of sp³-hybridized carbons (Fsp3) is 0.267. The molecule has 0 saturated heterocycles. The maximum atomic E-state index is 11.5. The molecule has 1 aromatic carbocycles. The third kappa shape index (κ3) is 3.92. The van der Waals surface area contributed by atoms with Crippen LogP contribution in [0.3, 0.4) is 0 Å². The van der Waals surface area contributed by atoms with Crippen molar-refractivity contribution in [2.45, 2.75) is 19.8 Å². The second kappa shape index (κ2) is 7.23. The van der Waals surface area contributed by atoms with Crippen molar-refractivity contribution in [3.05, 3.63) is 36.0 Å². The van der Waals surface area contributed by atoms with Crippen LogP contribution in [0.15, 0.2) is 35.6 Å². The van der Waals surface area contributed by atoms with Crippen LogP contribution in [0, 0.1) is 0 Å². The highest BCUT2D eigenvalue weighted by atomic mass is 16.2. The first-order valence-electron chi connectivity index (χ1n) is 6.89. The average molecular weight is 286 g/mol. The summed E-state index contributed by atoms with van der Waals surface area (Å²) in [4.78, 5) is 26.0. The molecule has 6 nitrogen and oxygen atoms in total. The van der Waals surface area contributed by atoms with Gasteiger partial charge in [0.2, 0.25) is 0 Å². The predicted octanol–water partition coefficient (Wildman–Crippen LogP) is 1.53. The van der Waals surface area contributed by atoms with Gasteiger partial charge in [-0.15, -0.1) is 0 Å². The van der Waals surface area contributed by atoms with E-state index in [0.717, 1.165) is 29.3 Å². The SMILES string of the molecule is CCCCNC(=O)C(=O)N/N=C/c1c[nH]c2ccccc12. The molecule has 21 heavy (non-hydrogen) atoms. The number of carbonyl (C=O) groups excluding carboxylic acids is 2. The standard InChI is InChI=1S/C15H18N4O2/c1-2-3-8-16-14(20)15(21)19-18-10-11-9-17-13-7-5-4-6-12(11)13/h4-7,9-10,17H,2-3,8H2,1H3,(H,16,20)(H,19,21)/b18-10+. The summed E-state index contributed by atoms with van der Waals surface area (Å²) in [5.74, 6) is -1.43. The van der Waals surface area contributed by atoms with Gasteiger partial charge in [-0.1, -0.05) is 31.5 Å². The lowest BCUT2D eigenvalue weighted by Crippen LogP contribution is -2.38. The summed E-state index contributed by atoms with van der Waals surface area (Å²) in [6, 6.07) is 7.76. The predicted molar refractivity (Wildman–Crippen MR) is 82.0 cm³/mol. The summed E-state index contributed by atoms with van der Waals surface area (Å²) >= 11 is 0. The van der Waals surface area contributed by atoms with Crippen molar-refractivity contribution in [2.24, 2.45) is 5.10 Å². The number of aromatic amines is 1. The van der Waals surface area contributed by atoms with Crippen molar-refractivity contribution < 1.29 is 9.59 Å². The summed E-state index contributed by atoms with van der Waals surface area (Å²) in [5.41, 5.74) is 4.05. The second-order valence-corrected chi connectivity index (χ2v) is 4.60. The molecule has 0 aliphatic rings. The largest absolute Gasteiger partial charge is 0.361 e. The number of hydrogen-bond donors (Lipinski definition) is 3. The summed E-state index contributed by atoms with van der Waals surface area (Å²) in [6.07, 6.45) is 5.11. The van der Waals surface area contributed by atoms with Gasteiger partial charge in [0, 0.05) is 29.2 Å². The monoisotopic (exact) mass is 286 g/mol. The number of nitrogens with zero attached hydrogens (tertiary/aromatic N) is 1. The third-order valence-corrected chi connectivity index (χ3v) is 3.01. The molecule has 2 rings (SSSR count). The van der Waals surface area contributed by atoms with Gasteiger partial charge in [0.1, 0.15) is 0 Å². The van der Waals surface area contributed by atoms with E-state index in [9.17, 15) is 9.59 Å². The van der Waals surface area contributed by atoms with E-state index in [-0.39, 0.29) is 0 Å². The Morgan fingerprint density at radius 3 is 2.90 bits per heavy atom. The van der Waals surface area contributed by atoms with E-state index in [2.05, 4.69) is 20.8 Å². The fourth-order valence-corrected chi connectivity index (χ4v) is 1.87. The van der Waals surface area contributed by atoms with Crippen molar-refractivity contribution in [2.75, 3.05) is 6.54 Å². The number of fused-ring (bicyclic) bond motifs is 1. The molecule has 1 heterocycles. The number of para-hydroxylation sites is 1. The van der Waals surface area contributed by atoms with Crippen molar-refractivity contribution in [3.63, 3.8) is 0 Å². The molecule has 2 aromatic rings. The molecule has 3 N–H and O–H groups in total. The lowest BCUT2D eigenvalue weighted by Gasteiger charge is -2.01. The molecule has 0 unspecified atom stereocenters. The number of aromatic nitrogens is 1. The molecule has 0 radical (unpaired) electrons. The normalized spacial score (nSPS) is 10.9. The van der Waals surface area contributed by atoms with Gasteiger partial charge in [0.15, 0.2) is 0 Å². The second-order valence-electron chi connectivity index (χ2n) is 4.60. The van der Waals surface area contributed by atoms with Gasteiger partial charge in [0.25, 0.3) is 0 Å². The molecule has 0 bridgehead atoms. The van der Waals surface area contributed by atoms with Crippen LogP contribution in [0.5, 0.6) is 0 Å². The van der Waals surface area contributed by atoms with E-state index >= 15 is 0 Å². The molecular weight excluding hydrogens is 268 g/mol. The minimum Gasteiger partial charge on any atom is -0.361 e. The van der Waals surface area contributed by atoms with Crippen molar-refractivity contribution in [1.29, 1.82) is 0 Å². The Hall–Kier alpha value is -2.63. The van der Waals surface area contributed by atoms with Crippen LogP contribution in [0.1, 0.15) is 25.3 Å². The van der Waals surface area contributed by atoms with Crippen molar-refractivity contribution in [1.82, 2.24) is 15.7 Å². The minimum atomic E-state index is -0.762. The zero-order chi connectivity index (χ0) is 15.1. The highest BCUT2D eigenvalue weighted by Crippen LogP contribution is 2.15. The van der Waals surface area contributed by atoms with E-state index in [1.165, 1.54) is 6.21 Å². The Morgan fingerprint density at radius 1 is 1.29 bits per heavy atom. The average Bonchev–Trinajstić information content (AvgIpc) is 2.91. The fourth-order valence-electron chi connectivity index (χ4n) is 1.87. The van der Waals surface area contributed by atoms with Crippen LogP contribution in [-0.2, 0) is 9.59 Å². The van der Waals surface area contributed by atoms with E-state index in [4.69, 9.17) is 0 Å². The summed E-state index contributed by atoms with van der Waals surface area (Å²) in [6.45, 7) is 2.51. The van der Waals surface area contributed by atoms with E-state index in [0.29, 0.717) is 6.54 Å². The van der Waals surface area contributed by atoms with Gasteiger partial charge < -0.3 is 10.3 Å². The zero-order valence-electron chi connectivity index (χ0n) is 11.8. The van der Waals surface area contributed by atoms with Crippen molar-refractivity contribution >= 4 is 28.9 Å². The van der Waals surface area contributed by atoms with E-state index < -0.39 is 11.8 Å². The number of rotatable bonds is 5. The van der Waals surface area contributed by atoms with Crippen LogP contribution in [0.25, 0.3) is 10.9 Å². The van der Waals surface area contributed by atoms with E-state index in [1.54, 1.807) is 6.20 Å². The van der Waals surface area contributed by atoms with Gasteiger partial charge in [-0.2, -0.15) is 5.10 Å². The number of amides is 2. The molecule has 2 amide bonds. The topological polar surface area (TPSA) is 86.3 Å². The number of benzene rings is 1. The first kappa shape index (κ1) is 14.8. The lowest BCUT2D eigenvalue weighted by atomic mass is 10.2. The van der Waals surface area contributed by atoms with E-state index in [1.807, 2.05) is 31.2 Å². The highest BCUT2D eigenvalue weighted by molar-refractivity contribution is 6.35. The first-order valence-corrected chi connectivity index (χ1v) is 6.89. The summed E-state index contributed by atoms with van der Waals surface area (Å²) < 4.78 is 0. The molecule has 0 atom stereocenters. The van der Waals surface area contributed by atoms with Gasteiger partial charge in [0.05, 0.1) is 6.21 Å². The maximum absolute atomic E-state index is 11.5. The third-order valence-electron chi connectivity index (χ3n) is 3.01. The number of carbonyl (C=O) groups is 2. The summed E-state index contributed by atoms with van der Waals surface area (Å²) in [7, 11) is 0. The van der Waals surface area contributed by atoms with Crippen LogP contribution in [-0.4, -0.2) is 29.6 Å². The van der Waals surface area contributed by atoms with Gasteiger partial charge >= 0.3 is 11.8 Å². The molecule has 1 aromatic heterocycles. The zero-order valence-corrected chi connectivity index (χ0v) is 11.8. The molecule has 0 spiro atoms. The Morgan fingerprint density at radius 2 is 2.10 bits per heavy atom.